The van der Waals surface area contributed by atoms with Gasteiger partial charge in [-0.1, -0.05) is 31.7 Å². The van der Waals surface area contributed by atoms with Crippen molar-refractivity contribution >= 4 is 12.1 Å². The first kappa shape index (κ1) is 19.5. The third-order valence-electron chi connectivity index (χ3n) is 3.21. The number of carbonyl (C=O) groups excluding carboxylic acids is 1. The molecule has 2 atom stereocenters. The van der Waals surface area contributed by atoms with Crippen molar-refractivity contribution in [3.05, 3.63) is 42.5 Å². The van der Waals surface area contributed by atoms with Crippen molar-refractivity contribution in [3.63, 3.8) is 0 Å². The lowest BCUT2D eigenvalue weighted by Crippen LogP contribution is -2.46. The first-order chi connectivity index (χ1) is 11.1. The Bertz CT molecular complexity index is 574. The van der Waals surface area contributed by atoms with Crippen LogP contribution < -0.4 is 10.1 Å². The van der Waals surface area contributed by atoms with E-state index in [4.69, 9.17) is 9.47 Å². The molecule has 0 spiro atoms. The summed E-state index contributed by atoms with van der Waals surface area (Å²) in [6.07, 6.45) is 0.884. The molecule has 0 saturated heterocycles. The number of carbonyl (C=O) groups is 2. The minimum absolute atomic E-state index is 0.396. The number of hydrogen-bond acceptors (Lipinski definition) is 4. The molecule has 0 aliphatic rings. The van der Waals surface area contributed by atoms with E-state index >= 15 is 0 Å². The van der Waals surface area contributed by atoms with E-state index in [9.17, 15) is 14.7 Å². The van der Waals surface area contributed by atoms with E-state index in [1.807, 2.05) is 0 Å². The number of alkyl carbamates (subject to hydrolysis) is 1. The molecule has 6 nitrogen and oxygen atoms in total. The van der Waals surface area contributed by atoms with Crippen LogP contribution in [0.2, 0.25) is 0 Å². The van der Waals surface area contributed by atoms with Gasteiger partial charge in [-0.25, -0.2) is 9.59 Å². The van der Waals surface area contributed by atoms with E-state index in [0.717, 1.165) is 5.56 Å². The van der Waals surface area contributed by atoms with Crippen molar-refractivity contribution < 1.29 is 24.2 Å². The average Bonchev–Trinajstić information content (AvgIpc) is 2.48. The zero-order valence-corrected chi connectivity index (χ0v) is 14.5. The summed E-state index contributed by atoms with van der Waals surface area (Å²) in [7, 11) is 0. The molecule has 132 valence electrons. The van der Waals surface area contributed by atoms with Crippen LogP contribution in [0.4, 0.5) is 4.79 Å². The summed E-state index contributed by atoms with van der Waals surface area (Å²) in [4.78, 5) is 23.4. The van der Waals surface area contributed by atoms with Crippen LogP contribution in [0.5, 0.6) is 5.75 Å². The molecule has 0 aromatic heterocycles. The first-order valence-electron chi connectivity index (χ1n) is 7.70. The highest BCUT2D eigenvalue weighted by molar-refractivity contribution is 5.81. The van der Waals surface area contributed by atoms with Gasteiger partial charge in [-0.3, -0.25) is 0 Å². The maximum Gasteiger partial charge on any atom is 0.408 e. The zero-order valence-electron chi connectivity index (χ0n) is 14.5. The molecule has 0 aliphatic carbocycles. The Morgan fingerprint density at radius 1 is 1.29 bits per heavy atom. The third-order valence-corrected chi connectivity index (χ3v) is 3.21. The lowest BCUT2D eigenvalue weighted by atomic mass is 9.93. The van der Waals surface area contributed by atoms with E-state index < -0.39 is 29.6 Å². The fourth-order valence-electron chi connectivity index (χ4n) is 2.05. The van der Waals surface area contributed by atoms with E-state index in [1.54, 1.807) is 58.0 Å². The number of benzene rings is 1. The van der Waals surface area contributed by atoms with Crippen LogP contribution in [-0.4, -0.2) is 35.4 Å². The lowest BCUT2D eigenvalue weighted by molar-refractivity contribution is -0.140. The van der Waals surface area contributed by atoms with Gasteiger partial charge in [0.25, 0.3) is 0 Å². The van der Waals surface area contributed by atoms with Gasteiger partial charge in [-0.2, -0.15) is 0 Å². The first-order valence-corrected chi connectivity index (χ1v) is 7.70. The monoisotopic (exact) mass is 335 g/mol. The van der Waals surface area contributed by atoms with Crippen LogP contribution in [0.1, 0.15) is 39.2 Å². The predicted molar refractivity (Wildman–Crippen MR) is 91.3 cm³/mol. The second-order valence-electron chi connectivity index (χ2n) is 6.42. The Morgan fingerprint density at radius 3 is 2.33 bits per heavy atom. The molecule has 1 aromatic carbocycles. The minimum atomic E-state index is -1.12. The number of amides is 1. The Kier molecular flexibility index (Phi) is 6.82. The van der Waals surface area contributed by atoms with Gasteiger partial charge < -0.3 is 19.9 Å². The second-order valence-corrected chi connectivity index (χ2v) is 6.42. The molecular formula is C18H25NO5. The number of carboxylic acid groups (broad SMARTS) is 1. The van der Waals surface area contributed by atoms with Crippen molar-refractivity contribution in [2.75, 3.05) is 6.61 Å². The quantitative estimate of drug-likeness (QED) is 0.747. The van der Waals surface area contributed by atoms with Crippen molar-refractivity contribution in [1.29, 1.82) is 0 Å². The fraction of sp³-hybridized carbons (Fsp3) is 0.444. The molecule has 1 aromatic rings. The summed E-state index contributed by atoms with van der Waals surface area (Å²) in [6, 6.07) is 5.95. The molecule has 2 N–H and O–H groups in total. The Labute approximate surface area is 142 Å². The van der Waals surface area contributed by atoms with Gasteiger partial charge in [0.15, 0.2) is 0 Å². The molecule has 0 fully saturated rings. The van der Waals surface area contributed by atoms with Gasteiger partial charge in [0.2, 0.25) is 0 Å². The fourth-order valence-corrected chi connectivity index (χ4v) is 2.05. The highest BCUT2D eigenvalue weighted by Gasteiger charge is 2.29. The average molecular weight is 335 g/mol. The van der Waals surface area contributed by atoms with Gasteiger partial charge in [0, 0.05) is 5.92 Å². The predicted octanol–water partition coefficient (Wildman–Crippen LogP) is 3.33. The molecule has 6 heteroatoms. The second kappa shape index (κ2) is 8.38. The number of hydrogen-bond donors (Lipinski definition) is 2. The number of ether oxygens (including phenoxy) is 2. The van der Waals surface area contributed by atoms with Crippen LogP contribution in [-0.2, 0) is 9.53 Å². The summed E-state index contributed by atoms with van der Waals surface area (Å²) >= 11 is 0. The van der Waals surface area contributed by atoms with Crippen LogP contribution in [0.25, 0.3) is 0 Å². The van der Waals surface area contributed by atoms with Crippen molar-refractivity contribution in [2.24, 2.45) is 0 Å². The molecule has 24 heavy (non-hydrogen) atoms. The van der Waals surface area contributed by atoms with E-state index in [-0.39, 0.29) is 0 Å². The van der Waals surface area contributed by atoms with E-state index in [2.05, 4.69) is 11.9 Å². The molecule has 1 amide bonds. The molecular weight excluding hydrogens is 310 g/mol. The summed E-state index contributed by atoms with van der Waals surface area (Å²) in [5.41, 5.74) is 0.0740. The topological polar surface area (TPSA) is 84.9 Å². The van der Waals surface area contributed by atoms with Crippen LogP contribution >= 0.6 is 0 Å². The zero-order chi connectivity index (χ0) is 18.3. The number of carboxylic acids is 1. The van der Waals surface area contributed by atoms with Crippen molar-refractivity contribution in [3.8, 4) is 5.75 Å². The van der Waals surface area contributed by atoms with Crippen LogP contribution in [0.15, 0.2) is 36.9 Å². The highest BCUT2D eigenvalue weighted by atomic mass is 16.6. The van der Waals surface area contributed by atoms with E-state index in [0.29, 0.717) is 12.4 Å². The number of nitrogens with one attached hydrogen (secondary N) is 1. The van der Waals surface area contributed by atoms with Crippen molar-refractivity contribution in [1.82, 2.24) is 5.32 Å². The largest absolute Gasteiger partial charge is 0.490 e. The summed E-state index contributed by atoms with van der Waals surface area (Å²) < 4.78 is 10.5. The van der Waals surface area contributed by atoms with Gasteiger partial charge in [0.05, 0.1) is 0 Å². The lowest BCUT2D eigenvalue weighted by Gasteiger charge is -2.25. The Hall–Kier alpha value is -2.50. The van der Waals surface area contributed by atoms with E-state index in [1.165, 1.54) is 0 Å². The molecule has 1 rings (SSSR count). The molecule has 0 saturated carbocycles. The summed E-state index contributed by atoms with van der Waals surface area (Å²) in [5.74, 6) is -0.901. The standard InChI is InChI=1S/C18H25NO5/c1-6-11-23-14-9-7-13(8-10-14)12(2)15(16(20)21)19-17(22)24-18(3,4)5/h6-10,12,15H,1,11H2,2-5H3,(H,19,22)(H,20,21)/t12?,15-/m0/s1. The molecule has 0 heterocycles. The molecule has 0 bridgehead atoms. The van der Waals surface area contributed by atoms with Gasteiger partial charge >= 0.3 is 12.1 Å². The summed E-state index contributed by atoms with van der Waals surface area (Å²) in [5, 5.41) is 11.8. The summed E-state index contributed by atoms with van der Waals surface area (Å²) in [6.45, 7) is 10.9. The third kappa shape index (κ3) is 6.32. The van der Waals surface area contributed by atoms with Crippen LogP contribution in [0, 0.1) is 0 Å². The Balaban J connectivity index is 2.82. The number of rotatable bonds is 7. The van der Waals surface area contributed by atoms with Crippen LogP contribution in [0.3, 0.4) is 0 Å². The number of aliphatic carboxylic acids is 1. The maximum absolute atomic E-state index is 11.9. The Morgan fingerprint density at radius 2 is 1.88 bits per heavy atom. The maximum atomic E-state index is 11.9. The molecule has 0 radical (unpaired) electrons. The highest BCUT2D eigenvalue weighted by Crippen LogP contribution is 2.23. The minimum Gasteiger partial charge on any atom is -0.490 e. The molecule has 1 unspecified atom stereocenters. The normalized spacial score (nSPS) is 13.5. The van der Waals surface area contributed by atoms with Crippen molar-refractivity contribution in [2.45, 2.75) is 45.3 Å². The SMILES string of the molecule is C=CCOc1ccc(C(C)[C@H](NC(=O)OC(C)(C)C)C(=O)O)cc1. The van der Waals surface area contributed by atoms with Gasteiger partial charge in [-0.15, -0.1) is 0 Å². The van der Waals surface area contributed by atoms with Gasteiger partial charge in [-0.05, 0) is 38.5 Å². The smallest absolute Gasteiger partial charge is 0.408 e. The molecule has 0 aliphatic heterocycles. The van der Waals surface area contributed by atoms with Gasteiger partial charge in [0.1, 0.15) is 24.0 Å².